The van der Waals surface area contributed by atoms with Gasteiger partial charge in [-0.05, 0) is 56.9 Å². The van der Waals surface area contributed by atoms with E-state index in [1.54, 1.807) is 37.7 Å². The molecule has 1 aliphatic rings. The number of benzene rings is 1. The minimum Gasteiger partial charge on any atom is -0.496 e. The zero-order chi connectivity index (χ0) is 20.3. The van der Waals surface area contributed by atoms with Crippen LogP contribution in [0, 0.1) is 0 Å². The van der Waals surface area contributed by atoms with E-state index in [0.29, 0.717) is 11.6 Å². The first-order chi connectivity index (χ1) is 13.4. The molecule has 1 amide bonds. The number of fused-ring (bicyclic) bond motifs is 1. The Hall–Kier alpha value is -2.89. The highest BCUT2D eigenvalue weighted by Crippen LogP contribution is 2.45. The van der Waals surface area contributed by atoms with Crippen molar-refractivity contribution < 1.29 is 9.53 Å². The number of nitrogens with one attached hydrogen (secondary N) is 1. The molecule has 1 aromatic carbocycles. The van der Waals surface area contributed by atoms with Gasteiger partial charge in [0, 0.05) is 35.6 Å². The molecule has 2 heterocycles. The standard InChI is InChI=1S/C22H28N4O2/c1-6-26-19-12-20(28-5)16(11-17(19)15(2)13-22(26,3)4)14-24-25-21(27)18-9-7-8-10-23-18/h7-12,14-15H,6,13H2,1-5H3,(H,25,27)/b24-14-. The molecule has 0 saturated carbocycles. The number of pyridine rings is 1. The van der Waals surface area contributed by atoms with Gasteiger partial charge in [0.25, 0.3) is 5.91 Å². The van der Waals surface area contributed by atoms with Crippen LogP contribution in [0.5, 0.6) is 5.75 Å². The van der Waals surface area contributed by atoms with E-state index < -0.39 is 0 Å². The van der Waals surface area contributed by atoms with E-state index in [1.165, 1.54) is 11.3 Å². The summed E-state index contributed by atoms with van der Waals surface area (Å²) in [5, 5.41) is 4.11. The Labute approximate surface area is 166 Å². The summed E-state index contributed by atoms with van der Waals surface area (Å²) in [6.45, 7) is 9.93. The molecule has 0 radical (unpaired) electrons. The van der Waals surface area contributed by atoms with Crippen molar-refractivity contribution in [3.05, 3.63) is 53.3 Å². The fourth-order valence-corrected chi connectivity index (χ4v) is 4.12. The zero-order valence-corrected chi connectivity index (χ0v) is 17.2. The van der Waals surface area contributed by atoms with Gasteiger partial charge in [-0.2, -0.15) is 5.10 Å². The van der Waals surface area contributed by atoms with Gasteiger partial charge >= 0.3 is 0 Å². The molecule has 1 unspecified atom stereocenters. The van der Waals surface area contributed by atoms with Gasteiger partial charge in [0.1, 0.15) is 11.4 Å². The lowest BCUT2D eigenvalue weighted by Crippen LogP contribution is -2.48. The van der Waals surface area contributed by atoms with Crippen LogP contribution in [-0.4, -0.2) is 36.3 Å². The molecule has 0 fully saturated rings. The maximum absolute atomic E-state index is 12.1. The van der Waals surface area contributed by atoms with Crippen molar-refractivity contribution in [2.45, 2.75) is 45.6 Å². The van der Waals surface area contributed by atoms with Gasteiger partial charge in [0.15, 0.2) is 0 Å². The van der Waals surface area contributed by atoms with Crippen LogP contribution in [0.25, 0.3) is 0 Å². The van der Waals surface area contributed by atoms with Crippen LogP contribution in [-0.2, 0) is 0 Å². The van der Waals surface area contributed by atoms with Crippen molar-refractivity contribution in [3.8, 4) is 5.75 Å². The first-order valence-corrected chi connectivity index (χ1v) is 9.61. The van der Waals surface area contributed by atoms with Crippen LogP contribution >= 0.6 is 0 Å². The largest absolute Gasteiger partial charge is 0.496 e. The summed E-state index contributed by atoms with van der Waals surface area (Å²) in [5.41, 5.74) is 6.27. The van der Waals surface area contributed by atoms with Crippen LogP contribution in [0.3, 0.4) is 0 Å². The van der Waals surface area contributed by atoms with Crippen LogP contribution in [0.15, 0.2) is 41.6 Å². The number of hydrazone groups is 1. The van der Waals surface area contributed by atoms with Crippen molar-refractivity contribution in [1.29, 1.82) is 0 Å². The summed E-state index contributed by atoms with van der Waals surface area (Å²) in [7, 11) is 1.65. The predicted octanol–water partition coefficient (Wildman–Crippen LogP) is 3.97. The Bertz CT molecular complexity index is 878. The summed E-state index contributed by atoms with van der Waals surface area (Å²) < 4.78 is 5.61. The number of anilines is 1. The fourth-order valence-electron chi connectivity index (χ4n) is 4.12. The molecule has 148 valence electrons. The van der Waals surface area contributed by atoms with Gasteiger partial charge in [-0.1, -0.05) is 13.0 Å². The topological polar surface area (TPSA) is 66.8 Å². The molecule has 0 saturated heterocycles. The molecule has 1 N–H and O–H groups in total. The van der Waals surface area contributed by atoms with Crippen molar-refractivity contribution >= 4 is 17.8 Å². The summed E-state index contributed by atoms with van der Waals surface area (Å²) in [4.78, 5) is 18.5. The lowest BCUT2D eigenvalue weighted by Gasteiger charge is -2.47. The van der Waals surface area contributed by atoms with Crippen LogP contribution < -0.4 is 15.1 Å². The molecule has 2 aromatic rings. The number of carbonyl (C=O) groups excluding carboxylic acids is 1. The molecule has 6 heteroatoms. The van der Waals surface area contributed by atoms with Crippen LogP contribution in [0.1, 0.15) is 61.6 Å². The molecule has 0 aliphatic carbocycles. The van der Waals surface area contributed by atoms with E-state index in [0.717, 1.165) is 24.3 Å². The lowest BCUT2D eigenvalue weighted by atomic mass is 9.79. The summed E-state index contributed by atoms with van der Waals surface area (Å²) in [5.74, 6) is 0.813. The first kappa shape index (κ1) is 19.9. The maximum Gasteiger partial charge on any atom is 0.289 e. The molecule has 3 rings (SSSR count). The van der Waals surface area contributed by atoms with Crippen LogP contribution in [0.4, 0.5) is 5.69 Å². The van der Waals surface area contributed by atoms with Gasteiger partial charge in [-0.15, -0.1) is 0 Å². The number of ether oxygens (including phenoxy) is 1. The highest BCUT2D eigenvalue weighted by atomic mass is 16.5. The van der Waals surface area contributed by atoms with E-state index >= 15 is 0 Å². The molecular formula is C22H28N4O2. The number of nitrogens with zero attached hydrogens (tertiary/aromatic N) is 3. The number of methoxy groups -OCH3 is 1. The highest BCUT2D eigenvalue weighted by molar-refractivity contribution is 5.93. The zero-order valence-electron chi connectivity index (χ0n) is 17.2. The second kappa shape index (κ2) is 8.00. The quantitative estimate of drug-likeness (QED) is 0.630. The van der Waals surface area contributed by atoms with Crippen molar-refractivity contribution in [2.75, 3.05) is 18.6 Å². The molecule has 0 bridgehead atoms. The van der Waals surface area contributed by atoms with Gasteiger partial charge < -0.3 is 9.64 Å². The second-order valence-electron chi connectivity index (χ2n) is 7.73. The number of carbonyl (C=O) groups is 1. The van der Waals surface area contributed by atoms with Gasteiger partial charge in [0.2, 0.25) is 0 Å². The number of aromatic nitrogens is 1. The Kier molecular flexibility index (Phi) is 5.68. The minimum atomic E-state index is -0.346. The van der Waals surface area contributed by atoms with E-state index in [-0.39, 0.29) is 11.4 Å². The smallest absolute Gasteiger partial charge is 0.289 e. The fraction of sp³-hybridized carbons (Fsp3) is 0.409. The first-order valence-electron chi connectivity index (χ1n) is 9.61. The van der Waals surface area contributed by atoms with Crippen molar-refractivity contribution in [1.82, 2.24) is 10.4 Å². The monoisotopic (exact) mass is 380 g/mol. The van der Waals surface area contributed by atoms with Gasteiger partial charge in [-0.25, -0.2) is 5.43 Å². The third-order valence-electron chi connectivity index (χ3n) is 5.32. The van der Waals surface area contributed by atoms with E-state index in [9.17, 15) is 4.79 Å². The van der Waals surface area contributed by atoms with E-state index in [4.69, 9.17) is 4.74 Å². The molecule has 1 aliphatic heterocycles. The second-order valence-corrected chi connectivity index (χ2v) is 7.73. The van der Waals surface area contributed by atoms with E-state index in [2.05, 4.69) is 60.2 Å². The molecule has 0 spiro atoms. The maximum atomic E-state index is 12.1. The SMILES string of the molecule is CCN1c2cc(OC)c(/C=N\NC(=O)c3ccccn3)cc2C(C)CC1(C)C. The normalized spacial score (nSPS) is 18.0. The summed E-state index contributed by atoms with van der Waals surface area (Å²) in [6, 6.07) is 9.37. The van der Waals surface area contributed by atoms with Gasteiger partial charge in [-0.3, -0.25) is 9.78 Å². The number of amides is 1. The Balaban J connectivity index is 1.88. The highest BCUT2D eigenvalue weighted by Gasteiger charge is 2.36. The lowest BCUT2D eigenvalue weighted by molar-refractivity contribution is 0.0950. The summed E-state index contributed by atoms with van der Waals surface area (Å²) >= 11 is 0. The number of hydrogen-bond acceptors (Lipinski definition) is 5. The average molecular weight is 380 g/mol. The number of hydrogen-bond donors (Lipinski definition) is 1. The Morgan fingerprint density at radius 1 is 1.43 bits per heavy atom. The third-order valence-corrected chi connectivity index (χ3v) is 5.32. The summed E-state index contributed by atoms with van der Waals surface area (Å²) in [6.07, 6.45) is 4.28. The predicted molar refractivity (Wildman–Crippen MR) is 112 cm³/mol. The minimum absolute atomic E-state index is 0.0957. The van der Waals surface area contributed by atoms with Crippen LogP contribution in [0.2, 0.25) is 0 Å². The molecule has 1 atom stereocenters. The molecule has 1 aromatic heterocycles. The van der Waals surface area contributed by atoms with Crippen molar-refractivity contribution in [3.63, 3.8) is 0 Å². The molecular weight excluding hydrogens is 352 g/mol. The third kappa shape index (κ3) is 3.86. The molecule has 28 heavy (non-hydrogen) atoms. The van der Waals surface area contributed by atoms with Gasteiger partial charge in [0.05, 0.1) is 13.3 Å². The van der Waals surface area contributed by atoms with Crippen molar-refractivity contribution in [2.24, 2.45) is 5.10 Å². The average Bonchev–Trinajstić information content (AvgIpc) is 2.68. The Morgan fingerprint density at radius 3 is 2.86 bits per heavy atom. The Morgan fingerprint density at radius 2 is 2.21 bits per heavy atom. The van der Waals surface area contributed by atoms with E-state index in [1.807, 2.05) is 0 Å². The number of rotatable bonds is 5. The molecule has 6 nitrogen and oxygen atoms in total.